The van der Waals surface area contributed by atoms with Gasteiger partial charge in [0.15, 0.2) is 11.5 Å². The summed E-state index contributed by atoms with van der Waals surface area (Å²) in [6.45, 7) is 3.71. The third-order valence-corrected chi connectivity index (χ3v) is 5.26. The van der Waals surface area contributed by atoms with Gasteiger partial charge >= 0.3 is 0 Å². The first kappa shape index (κ1) is 14.8. The lowest BCUT2D eigenvalue weighted by Crippen LogP contribution is -2.46. The molecule has 124 valence electrons. The standard InChI is InChI=1S/C18H23NO4/c20-17(19-8-1-6-18(11-19)7-9-21-12-18)5-3-14-2-4-15-16(10-14)23-13-22-15/h2,4,10H,1,3,5-9,11-13H2/t18-/m1/s1. The minimum absolute atomic E-state index is 0.229. The van der Waals surface area contributed by atoms with E-state index in [-0.39, 0.29) is 18.1 Å². The molecule has 2 saturated heterocycles. The van der Waals surface area contributed by atoms with Gasteiger partial charge in [0.05, 0.1) is 6.61 Å². The number of hydrogen-bond acceptors (Lipinski definition) is 4. The Labute approximate surface area is 136 Å². The molecule has 0 N–H and O–H groups in total. The van der Waals surface area contributed by atoms with Gasteiger partial charge in [-0.2, -0.15) is 0 Å². The molecule has 5 heteroatoms. The number of likely N-dealkylation sites (tertiary alicyclic amines) is 1. The number of amides is 1. The zero-order chi connectivity index (χ0) is 15.7. The molecule has 2 fully saturated rings. The maximum Gasteiger partial charge on any atom is 0.231 e. The van der Waals surface area contributed by atoms with E-state index in [1.165, 1.54) is 6.42 Å². The van der Waals surface area contributed by atoms with Gasteiger partial charge in [-0.05, 0) is 43.4 Å². The maximum absolute atomic E-state index is 12.6. The Morgan fingerprint density at radius 1 is 1.22 bits per heavy atom. The summed E-state index contributed by atoms with van der Waals surface area (Å²) in [4.78, 5) is 14.6. The Balaban J connectivity index is 1.34. The van der Waals surface area contributed by atoms with Gasteiger partial charge in [-0.3, -0.25) is 4.79 Å². The Bertz CT molecular complexity index is 595. The summed E-state index contributed by atoms with van der Waals surface area (Å²) in [6.07, 6.45) is 4.68. The highest BCUT2D eigenvalue weighted by Crippen LogP contribution is 2.38. The largest absolute Gasteiger partial charge is 0.454 e. The second kappa shape index (κ2) is 6.04. The molecular formula is C18H23NO4. The molecule has 0 unspecified atom stereocenters. The SMILES string of the molecule is O=C(CCc1ccc2c(c1)OCO2)N1CCC[C@@]2(CCOC2)C1. The zero-order valence-electron chi connectivity index (χ0n) is 13.4. The van der Waals surface area contributed by atoms with E-state index >= 15 is 0 Å². The predicted molar refractivity (Wildman–Crippen MR) is 84.6 cm³/mol. The molecule has 0 aliphatic carbocycles. The highest BCUT2D eigenvalue weighted by molar-refractivity contribution is 5.76. The number of nitrogens with zero attached hydrogens (tertiary/aromatic N) is 1. The fraction of sp³-hybridized carbons (Fsp3) is 0.611. The van der Waals surface area contributed by atoms with Crippen LogP contribution in [0, 0.1) is 5.41 Å². The fourth-order valence-corrected chi connectivity index (χ4v) is 3.90. The molecule has 5 nitrogen and oxygen atoms in total. The second-order valence-corrected chi connectivity index (χ2v) is 6.91. The molecule has 1 spiro atoms. The van der Waals surface area contributed by atoms with E-state index < -0.39 is 0 Å². The van der Waals surface area contributed by atoms with Crippen LogP contribution in [0.3, 0.4) is 0 Å². The molecule has 23 heavy (non-hydrogen) atoms. The lowest BCUT2D eigenvalue weighted by atomic mass is 9.79. The van der Waals surface area contributed by atoms with E-state index in [1.807, 2.05) is 23.1 Å². The topological polar surface area (TPSA) is 48.0 Å². The van der Waals surface area contributed by atoms with Crippen molar-refractivity contribution in [1.29, 1.82) is 0 Å². The van der Waals surface area contributed by atoms with Crippen LogP contribution >= 0.6 is 0 Å². The van der Waals surface area contributed by atoms with Crippen molar-refractivity contribution >= 4 is 5.91 Å². The van der Waals surface area contributed by atoms with Crippen LogP contribution in [-0.4, -0.2) is 43.9 Å². The smallest absolute Gasteiger partial charge is 0.231 e. The first-order valence-electron chi connectivity index (χ1n) is 8.48. The quantitative estimate of drug-likeness (QED) is 0.859. The molecule has 1 aromatic rings. The van der Waals surface area contributed by atoms with Crippen LogP contribution in [0.1, 0.15) is 31.2 Å². The Morgan fingerprint density at radius 3 is 3.00 bits per heavy atom. The Hall–Kier alpha value is -1.75. The van der Waals surface area contributed by atoms with Crippen LogP contribution in [0.4, 0.5) is 0 Å². The second-order valence-electron chi connectivity index (χ2n) is 6.91. The van der Waals surface area contributed by atoms with Crippen molar-refractivity contribution in [3.63, 3.8) is 0 Å². The fourth-order valence-electron chi connectivity index (χ4n) is 3.90. The number of fused-ring (bicyclic) bond motifs is 1. The van der Waals surface area contributed by atoms with E-state index in [1.54, 1.807) is 0 Å². The first-order chi connectivity index (χ1) is 11.2. The highest BCUT2D eigenvalue weighted by Gasteiger charge is 2.40. The summed E-state index contributed by atoms with van der Waals surface area (Å²) in [6, 6.07) is 5.93. The van der Waals surface area contributed by atoms with Gasteiger partial charge in [-0.1, -0.05) is 6.07 Å². The summed E-state index contributed by atoms with van der Waals surface area (Å²) in [7, 11) is 0. The number of rotatable bonds is 3. The van der Waals surface area contributed by atoms with E-state index in [0.717, 1.165) is 62.6 Å². The van der Waals surface area contributed by atoms with Crippen LogP contribution in [0.25, 0.3) is 0 Å². The summed E-state index contributed by atoms with van der Waals surface area (Å²) in [5.74, 6) is 1.84. The van der Waals surface area contributed by atoms with Gasteiger partial charge in [0, 0.05) is 31.5 Å². The van der Waals surface area contributed by atoms with Crippen molar-refractivity contribution in [3.05, 3.63) is 23.8 Å². The van der Waals surface area contributed by atoms with Crippen LogP contribution < -0.4 is 9.47 Å². The van der Waals surface area contributed by atoms with Gasteiger partial charge in [0.2, 0.25) is 12.7 Å². The summed E-state index contributed by atoms with van der Waals surface area (Å²) >= 11 is 0. The molecule has 0 saturated carbocycles. The molecular weight excluding hydrogens is 294 g/mol. The van der Waals surface area contributed by atoms with Crippen molar-refractivity contribution in [1.82, 2.24) is 4.90 Å². The van der Waals surface area contributed by atoms with Crippen LogP contribution in [0.5, 0.6) is 11.5 Å². The molecule has 1 atom stereocenters. The van der Waals surface area contributed by atoms with Gasteiger partial charge in [-0.25, -0.2) is 0 Å². The van der Waals surface area contributed by atoms with E-state index in [0.29, 0.717) is 6.42 Å². The minimum Gasteiger partial charge on any atom is -0.454 e. The maximum atomic E-state index is 12.6. The van der Waals surface area contributed by atoms with E-state index in [2.05, 4.69) is 0 Å². The monoisotopic (exact) mass is 317 g/mol. The molecule has 4 rings (SSSR count). The molecule has 1 aromatic carbocycles. The lowest BCUT2D eigenvalue weighted by molar-refractivity contribution is -0.134. The number of benzene rings is 1. The van der Waals surface area contributed by atoms with Crippen molar-refractivity contribution in [2.24, 2.45) is 5.41 Å². The molecule has 1 amide bonds. The van der Waals surface area contributed by atoms with Gasteiger partial charge in [0.1, 0.15) is 0 Å². The van der Waals surface area contributed by atoms with Gasteiger partial charge in [-0.15, -0.1) is 0 Å². The van der Waals surface area contributed by atoms with Crippen molar-refractivity contribution in [2.45, 2.75) is 32.1 Å². The van der Waals surface area contributed by atoms with Gasteiger partial charge in [0.25, 0.3) is 0 Å². The Kier molecular flexibility index (Phi) is 3.89. The first-order valence-corrected chi connectivity index (χ1v) is 8.48. The molecule has 0 aromatic heterocycles. The lowest BCUT2D eigenvalue weighted by Gasteiger charge is -2.39. The Morgan fingerprint density at radius 2 is 2.13 bits per heavy atom. The number of ether oxygens (including phenoxy) is 3. The van der Waals surface area contributed by atoms with Crippen LogP contribution in [-0.2, 0) is 16.0 Å². The number of aryl methyl sites for hydroxylation is 1. The molecule has 3 heterocycles. The summed E-state index contributed by atoms with van der Waals surface area (Å²) in [5.41, 5.74) is 1.35. The summed E-state index contributed by atoms with van der Waals surface area (Å²) in [5, 5.41) is 0. The number of hydrogen-bond donors (Lipinski definition) is 0. The zero-order valence-corrected chi connectivity index (χ0v) is 13.4. The number of piperidine rings is 1. The summed E-state index contributed by atoms with van der Waals surface area (Å²) < 4.78 is 16.3. The number of carbonyl (C=O) groups excluding carboxylic acids is 1. The third kappa shape index (κ3) is 3.02. The molecule has 0 bridgehead atoms. The third-order valence-electron chi connectivity index (χ3n) is 5.26. The van der Waals surface area contributed by atoms with Crippen LogP contribution in [0.15, 0.2) is 18.2 Å². The molecule has 3 aliphatic rings. The van der Waals surface area contributed by atoms with Crippen molar-refractivity contribution in [3.8, 4) is 11.5 Å². The van der Waals surface area contributed by atoms with Crippen LogP contribution in [0.2, 0.25) is 0 Å². The normalized spacial score (nSPS) is 26.0. The molecule has 0 radical (unpaired) electrons. The van der Waals surface area contributed by atoms with E-state index in [9.17, 15) is 4.79 Å². The minimum atomic E-state index is 0.229. The van der Waals surface area contributed by atoms with Gasteiger partial charge < -0.3 is 19.1 Å². The molecule has 3 aliphatic heterocycles. The average Bonchev–Trinajstić information content (AvgIpc) is 3.21. The average molecular weight is 317 g/mol. The predicted octanol–water partition coefficient (Wildman–Crippen LogP) is 2.38. The van der Waals surface area contributed by atoms with Crippen molar-refractivity contribution in [2.75, 3.05) is 33.1 Å². The van der Waals surface area contributed by atoms with Crippen molar-refractivity contribution < 1.29 is 19.0 Å². The number of carbonyl (C=O) groups is 1. The highest BCUT2D eigenvalue weighted by atomic mass is 16.7. The van der Waals surface area contributed by atoms with E-state index in [4.69, 9.17) is 14.2 Å².